The molecule has 0 saturated heterocycles. The number of anilines is 1. The van der Waals surface area contributed by atoms with Crippen LogP contribution in [0.15, 0.2) is 24.9 Å². The van der Waals surface area contributed by atoms with Gasteiger partial charge in [-0.1, -0.05) is 0 Å². The maximum Gasteiger partial charge on any atom is 0.124 e. The van der Waals surface area contributed by atoms with E-state index in [9.17, 15) is 0 Å². The van der Waals surface area contributed by atoms with Gasteiger partial charge in [0.1, 0.15) is 12.1 Å². The molecule has 0 amide bonds. The van der Waals surface area contributed by atoms with Gasteiger partial charge in [0, 0.05) is 23.5 Å². The van der Waals surface area contributed by atoms with Crippen molar-refractivity contribution in [1.29, 1.82) is 0 Å². The van der Waals surface area contributed by atoms with Gasteiger partial charge in [0.2, 0.25) is 0 Å². The summed E-state index contributed by atoms with van der Waals surface area (Å²) in [6, 6.07) is 0. The van der Waals surface area contributed by atoms with Crippen molar-refractivity contribution in [3.63, 3.8) is 0 Å². The lowest BCUT2D eigenvalue weighted by Crippen LogP contribution is -2.06. The number of aromatic nitrogens is 4. The van der Waals surface area contributed by atoms with Crippen LogP contribution in [-0.4, -0.2) is 19.7 Å². The minimum absolute atomic E-state index is 0.612. The van der Waals surface area contributed by atoms with Crippen LogP contribution in [0.25, 0.3) is 0 Å². The van der Waals surface area contributed by atoms with Crippen LogP contribution in [0.4, 0.5) is 5.82 Å². The smallest absolute Gasteiger partial charge is 0.124 e. The third-order valence-corrected chi connectivity index (χ3v) is 2.02. The van der Waals surface area contributed by atoms with E-state index in [-0.39, 0.29) is 0 Å². The Balaban J connectivity index is 2.23. The summed E-state index contributed by atoms with van der Waals surface area (Å²) in [6.45, 7) is 2.54. The van der Waals surface area contributed by atoms with Gasteiger partial charge in [-0.3, -0.25) is 0 Å². The van der Waals surface area contributed by atoms with Crippen molar-refractivity contribution >= 4 is 5.82 Å². The van der Waals surface area contributed by atoms with Crippen LogP contribution in [0.1, 0.15) is 11.1 Å². The fourth-order valence-electron chi connectivity index (χ4n) is 1.20. The molecule has 72 valence electrons. The normalized spacial score (nSPS) is 10.4. The van der Waals surface area contributed by atoms with E-state index in [0.29, 0.717) is 12.4 Å². The Bertz CT molecular complexity index is 420. The van der Waals surface area contributed by atoms with Gasteiger partial charge in [-0.15, -0.1) is 0 Å². The quantitative estimate of drug-likeness (QED) is 0.751. The van der Waals surface area contributed by atoms with Crippen LogP contribution in [0.5, 0.6) is 0 Å². The average Bonchev–Trinajstić information content (AvgIpc) is 2.52. The highest BCUT2D eigenvalue weighted by atomic mass is 15.3. The number of rotatable bonds is 2. The molecule has 0 aliphatic rings. The minimum Gasteiger partial charge on any atom is -0.384 e. The van der Waals surface area contributed by atoms with Gasteiger partial charge in [0.15, 0.2) is 0 Å². The Kier molecular flexibility index (Phi) is 2.14. The highest BCUT2D eigenvalue weighted by Gasteiger charge is 2.03. The highest BCUT2D eigenvalue weighted by Crippen LogP contribution is 2.10. The zero-order valence-electron chi connectivity index (χ0n) is 7.88. The van der Waals surface area contributed by atoms with E-state index in [4.69, 9.17) is 5.73 Å². The van der Waals surface area contributed by atoms with Gasteiger partial charge in [0.25, 0.3) is 0 Å². The number of hydrogen-bond donors (Lipinski definition) is 1. The van der Waals surface area contributed by atoms with E-state index in [1.807, 2.05) is 6.92 Å². The van der Waals surface area contributed by atoms with E-state index >= 15 is 0 Å². The number of nitrogens with two attached hydrogens (primary N) is 1. The number of nitrogen functional groups attached to an aromatic ring is 1. The minimum atomic E-state index is 0.612. The van der Waals surface area contributed by atoms with Gasteiger partial charge in [0.05, 0.1) is 12.7 Å². The standard InChI is InChI=1S/C9H11N5/c1-7-2-13-14(9(7)10)5-8-3-11-6-12-4-8/h2-4,6H,5,10H2,1H3. The molecule has 2 aromatic rings. The Morgan fingerprint density at radius 2 is 2.00 bits per heavy atom. The highest BCUT2D eigenvalue weighted by molar-refractivity contribution is 5.37. The molecule has 2 rings (SSSR count). The van der Waals surface area contributed by atoms with Crippen molar-refractivity contribution in [1.82, 2.24) is 19.7 Å². The van der Waals surface area contributed by atoms with Crippen molar-refractivity contribution in [2.45, 2.75) is 13.5 Å². The molecule has 14 heavy (non-hydrogen) atoms. The largest absolute Gasteiger partial charge is 0.384 e. The molecule has 2 heterocycles. The molecule has 0 unspecified atom stereocenters. The average molecular weight is 189 g/mol. The van der Waals surface area contributed by atoms with E-state index in [0.717, 1.165) is 11.1 Å². The molecule has 0 bridgehead atoms. The Labute approximate surface area is 81.6 Å². The summed E-state index contributed by atoms with van der Waals surface area (Å²) in [6.07, 6.45) is 6.76. The fraction of sp³-hybridized carbons (Fsp3) is 0.222. The van der Waals surface area contributed by atoms with Crippen molar-refractivity contribution in [3.05, 3.63) is 36.0 Å². The zero-order valence-corrected chi connectivity index (χ0v) is 7.88. The molecular formula is C9H11N5. The summed E-state index contributed by atoms with van der Waals surface area (Å²) >= 11 is 0. The first-order valence-corrected chi connectivity index (χ1v) is 4.29. The second kappa shape index (κ2) is 3.45. The van der Waals surface area contributed by atoms with Crippen LogP contribution in [0, 0.1) is 6.92 Å². The number of nitrogens with zero attached hydrogens (tertiary/aromatic N) is 4. The summed E-state index contributed by atoms with van der Waals surface area (Å²) in [5, 5.41) is 4.15. The number of hydrogen-bond acceptors (Lipinski definition) is 4. The van der Waals surface area contributed by atoms with E-state index in [1.165, 1.54) is 6.33 Å². The molecular weight excluding hydrogens is 178 g/mol. The second-order valence-corrected chi connectivity index (χ2v) is 3.12. The van der Waals surface area contributed by atoms with Crippen molar-refractivity contribution in [2.75, 3.05) is 5.73 Å². The van der Waals surface area contributed by atoms with Crippen LogP contribution < -0.4 is 5.73 Å². The Morgan fingerprint density at radius 1 is 1.29 bits per heavy atom. The van der Waals surface area contributed by atoms with Crippen molar-refractivity contribution in [2.24, 2.45) is 0 Å². The van der Waals surface area contributed by atoms with Gasteiger partial charge in [-0.05, 0) is 6.92 Å². The molecule has 0 radical (unpaired) electrons. The van der Waals surface area contributed by atoms with Crippen molar-refractivity contribution in [3.8, 4) is 0 Å². The summed E-state index contributed by atoms with van der Waals surface area (Å²) in [4.78, 5) is 7.85. The molecule has 5 nitrogen and oxygen atoms in total. The maximum absolute atomic E-state index is 5.81. The molecule has 0 aliphatic carbocycles. The molecule has 0 saturated carbocycles. The molecule has 0 spiro atoms. The van der Waals surface area contributed by atoms with Crippen LogP contribution >= 0.6 is 0 Å². The lowest BCUT2D eigenvalue weighted by atomic mass is 10.3. The topological polar surface area (TPSA) is 69.6 Å². The molecule has 0 aromatic carbocycles. The van der Waals surface area contributed by atoms with Crippen LogP contribution in [-0.2, 0) is 6.54 Å². The summed E-state index contributed by atoms with van der Waals surface area (Å²) < 4.78 is 1.73. The van der Waals surface area contributed by atoms with E-state index < -0.39 is 0 Å². The third kappa shape index (κ3) is 1.56. The zero-order chi connectivity index (χ0) is 9.97. The monoisotopic (exact) mass is 189 g/mol. The first-order valence-electron chi connectivity index (χ1n) is 4.29. The first-order chi connectivity index (χ1) is 6.77. The molecule has 2 aromatic heterocycles. The maximum atomic E-state index is 5.81. The van der Waals surface area contributed by atoms with Crippen LogP contribution in [0.3, 0.4) is 0 Å². The summed E-state index contributed by atoms with van der Waals surface area (Å²) in [7, 11) is 0. The van der Waals surface area contributed by atoms with Gasteiger partial charge in [-0.2, -0.15) is 5.10 Å². The Morgan fingerprint density at radius 3 is 2.57 bits per heavy atom. The van der Waals surface area contributed by atoms with Crippen molar-refractivity contribution < 1.29 is 0 Å². The van der Waals surface area contributed by atoms with Gasteiger partial charge < -0.3 is 5.73 Å². The SMILES string of the molecule is Cc1cnn(Cc2cncnc2)c1N. The predicted molar refractivity (Wildman–Crippen MR) is 52.5 cm³/mol. The third-order valence-electron chi connectivity index (χ3n) is 2.02. The Hall–Kier alpha value is -1.91. The summed E-state index contributed by atoms with van der Waals surface area (Å²) in [5.74, 6) is 0.689. The fourth-order valence-corrected chi connectivity index (χ4v) is 1.20. The lowest BCUT2D eigenvalue weighted by Gasteiger charge is -2.03. The lowest BCUT2D eigenvalue weighted by molar-refractivity contribution is 0.692. The molecule has 0 atom stereocenters. The first kappa shape index (κ1) is 8.68. The number of aryl methyl sites for hydroxylation is 1. The van der Waals surface area contributed by atoms with Crippen LogP contribution in [0.2, 0.25) is 0 Å². The van der Waals surface area contributed by atoms with E-state index in [1.54, 1.807) is 23.3 Å². The molecule has 0 fully saturated rings. The molecule has 0 aliphatic heterocycles. The second-order valence-electron chi connectivity index (χ2n) is 3.12. The molecule has 2 N–H and O–H groups in total. The summed E-state index contributed by atoms with van der Waals surface area (Å²) in [5.41, 5.74) is 7.79. The molecule has 5 heteroatoms. The predicted octanol–water partition coefficient (Wildman–Crippen LogP) is 0.612. The van der Waals surface area contributed by atoms with Gasteiger partial charge in [-0.25, -0.2) is 14.6 Å². The van der Waals surface area contributed by atoms with E-state index in [2.05, 4.69) is 15.1 Å². The van der Waals surface area contributed by atoms with Gasteiger partial charge >= 0.3 is 0 Å².